The molecule has 0 N–H and O–H groups in total. The van der Waals surface area contributed by atoms with Crippen LogP contribution < -0.4 is 0 Å². The van der Waals surface area contributed by atoms with Crippen LogP contribution in [0, 0.1) is 6.92 Å². The maximum absolute atomic E-state index is 11.5. The fourth-order valence-electron chi connectivity index (χ4n) is 1.15. The van der Waals surface area contributed by atoms with Crippen molar-refractivity contribution in [3.05, 3.63) is 6.92 Å². The summed E-state index contributed by atoms with van der Waals surface area (Å²) in [6.45, 7) is 9.83. The molecule has 0 saturated carbocycles. The van der Waals surface area contributed by atoms with Crippen LogP contribution in [-0.2, 0) is 9.53 Å². The molecule has 0 unspecified atom stereocenters. The fraction of sp³-hybridized carbons (Fsp3) is 0.800. The third kappa shape index (κ3) is 5.64. The van der Waals surface area contributed by atoms with Crippen LogP contribution in [0.25, 0.3) is 0 Å². The molecule has 0 heterocycles. The summed E-state index contributed by atoms with van der Waals surface area (Å²) in [6.07, 6.45) is 1.99. The van der Waals surface area contributed by atoms with Gasteiger partial charge in [0.1, 0.15) is 6.61 Å². The summed E-state index contributed by atoms with van der Waals surface area (Å²) in [5.74, 6) is 0.0763. The Balaban J connectivity index is 3.80. The molecule has 0 aliphatic rings. The molecule has 1 radical (unpaired) electrons. The number of carbonyl (C=O) groups is 1. The molecule has 0 fully saturated rings. The molecular formula is C10H20NO2. The quantitative estimate of drug-likeness (QED) is 0.603. The molecule has 3 heteroatoms. The van der Waals surface area contributed by atoms with Crippen LogP contribution in [0.15, 0.2) is 0 Å². The predicted molar refractivity (Wildman–Crippen MR) is 53.3 cm³/mol. The van der Waals surface area contributed by atoms with E-state index in [1.54, 1.807) is 0 Å². The number of carbonyl (C=O) groups excluding carboxylic acids is 1. The smallest absolute Gasteiger partial charge is 0.248 e. The molecule has 0 aromatic rings. The third-order valence-corrected chi connectivity index (χ3v) is 1.71. The minimum absolute atomic E-state index is 0.0763. The van der Waals surface area contributed by atoms with Crippen molar-refractivity contribution >= 4 is 5.91 Å². The Bertz CT molecular complexity index is 131. The highest BCUT2D eigenvalue weighted by Crippen LogP contribution is 1.95. The number of rotatable bonds is 7. The van der Waals surface area contributed by atoms with E-state index in [0.717, 1.165) is 25.9 Å². The van der Waals surface area contributed by atoms with E-state index in [1.807, 2.05) is 4.90 Å². The summed E-state index contributed by atoms with van der Waals surface area (Å²) in [5.41, 5.74) is 0. The summed E-state index contributed by atoms with van der Waals surface area (Å²) < 4.78 is 4.97. The van der Waals surface area contributed by atoms with Gasteiger partial charge < -0.3 is 9.64 Å². The van der Waals surface area contributed by atoms with Crippen LogP contribution >= 0.6 is 0 Å². The van der Waals surface area contributed by atoms with Gasteiger partial charge in [0.05, 0.1) is 0 Å². The van der Waals surface area contributed by atoms with Gasteiger partial charge in [0.25, 0.3) is 0 Å². The Labute approximate surface area is 81.1 Å². The SMILES string of the molecule is [CH2]COCC(=O)N(CCC)CCC. The second-order valence-electron chi connectivity index (χ2n) is 2.93. The summed E-state index contributed by atoms with van der Waals surface area (Å²) in [7, 11) is 0. The number of ether oxygens (including phenoxy) is 1. The molecule has 3 nitrogen and oxygen atoms in total. The average Bonchev–Trinajstić information content (AvgIpc) is 2.14. The molecule has 77 valence electrons. The molecule has 0 rings (SSSR count). The molecular weight excluding hydrogens is 166 g/mol. The van der Waals surface area contributed by atoms with E-state index < -0.39 is 0 Å². The lowest BCUT2D eigenvalue weighted by atomic mass is 10.3. The molecule has 0 atom stereocenters. The van der Waals surface area contributed by atoms with Crippen molar-refractivity contribution in [2.24, 2.45) is 0 Å². The number of hydrogen-bond acceptors (Lipinski definition) is 2. The van der Waals surface area contributed by atoms with E-state index in [2.05, 4.69) is 20.8 Å². The van der Waals surface area contributed by atoms with Crippen LogP contribution in [0.1, 0.15) is 26.7 Å². The van der Waals surface area contributed by atoms with Crippen molar-refractivity contribution in [3.63, 3.8) is 0 Å². The lowest BCUT2D eigenvalue weighted by molar-refractivity contribution is -0.135. The summed E-state index contributed by atoms with van der Waals surface area (Å²) in [4.78, 5) is 13.3. The number of nitrogens with zero attached hydrogens (tertiary/aromatic N) is 1. The Hall–Kier alpha value is -0.570. The van der Waals surface area contributed by atoms with Crippen LogP contribution in [-0.4, -0.2) is 37.1 Å². The second kappa shape index (κ2) is 8.05. The average molecular weight is 186 g/mol. The first-order chi connectivity index (χ1) is 6.26. The zero-order valence-electron chi connectivity index (χ0n) is 8.71. The van der Waals surface area contributed by atoms with Gasteiger partial charge in [-0.1, -0.05) is 13.8 Å². The first kappa shape index (κ1) is 12.4. The van der Waals surface area contributed by atoms with Gasteiger partial charge in [-0.25, -0.2) is 0 Å². The third-order valence-electron chi connectivity index (χ3n) is 1.71. The predicted octanol–water partition coefficient (Wildman–Crippen LogP) is 1.49. The van der Waals surface area contributed by atoms with Gasteiger partial charge in [-0.2, -0.15) is 0 Å². The largest absolute Gasteiger partial charge is 0.372 e. The van der Waals surface area contributed by atoms with Gasteiger partial charge in [0, 0.05) is 19.7 Å². The topological polar surface area (TPSA) is 29.5 Å². The summed E-state index contributed by atoms with van der Waals surface area (Å²) in [5, 5.41) is 0. The van der Waals surface area contributed by atoms with E-state index in [1.165, 1.54) is 0 Å². The van der Waals surface area contributed by atoms with Crippen molar-refractivity contribution in [1.29, 1.82) is 0 Å². The van der Waals surface area contributed by atoms with Crippen LogP contribution in [0.3, 0.4) is 0 Å². The fourth-order valence-corrected chi connectivity index (χ4v) is 1.15. The molecule has 0 bridgehead atoms. The van der Waals surface area contributed by atoms with Crippen LogP contribution in [0.4, 0.5) is 0 Å². The zero-order chi connectivity index (χ0) is 10.1. The monoisotopic (exact) mass is 186 g/mol. The van der Waals surface area contributed by atoms with Crippen LogP contribution in [0.2, 0.25) is 0 Å². The molecule has 13 heavy (non-hydrogen) atoms. The van der Waals surface area contributed by atoms with Crippen molar-refractivity contribution in [2.75, 3.05) is 26.3 Å². The Morgan fingerprint density at radius 3 is 2.23 bits per heavy atom. The first-order valence-electron chi connectivity index (χ1n) is 4.91. The maximum atomic E-state index is 11.5. The van der Waals surface area contributed by atoms with Crippen molar-refractivity contribution < 1.29 is 9.53 Å². The van der Waals surface area contributed by atoms with Gasteiger partial charge in [-0.3, -0.25) is 4.79 Å². The van der Waals surface area contributed by atoms with Gasteiger partial charge in [0.2, 0.25) is 5.91 Å². The normalized spacial score (nSPS) is 10.1. The lowest BCUT2D eigenvalue weighted by Gasteiger charge is -2.21. The zero-order valence-corrected chi connectivity index (χ0v) is 8.71. The molecule has 1 amide bonds. The molecule has 0 aromatic carbocycles. The van der Waals surface area contributed by atoms with E-state index >= 15 is 0 Å². The van der Waals surface area contributed by atoms with Crippen molar-refractivity contribution in [2.45, 2.75) is 26.7 Å². The van der Waals surface area contributed by atoms with Crippen molar-refractivity contribution in [3.8, 4) is 0 Å². The standard InChI is InChI=1S/C10H20NO2/c1-4-7-11(8-5-2)10(12)9-13-6-3/h3-9H2,1-2H3. The van der Waals surface area contributed by atoms with Gasteiger partial charge in [-0.15, -0.1) is 0 Å². The molecule has 0 aromatic heterocycles. The minimum Gasteiger partial charge on any atom is -0.372 e. The Morgan fingerprint density at radius 1 is 1.31 bits per heavy atom. The molecule has 0 saturated heterocycles. The van der Waals surface area contributed by atoms with Crippen LogP contribution in [0.5, 0.6) is 0 Å². The maximum Gasteiger partial charge on any atom is 0.248 e. The van der Waals surface area contributed by atoms with E-state index in [9.17, 15) is 4.79 Å². The number of hydrogen-bond donors (Lipinski definition) is 0. The second-order valence-corrected chi connectivity index (χ2v) is 2.93. The summed E-state index contributed by atoms with van der Waals surface area (Å²) in [6, 6.07) is 0. The Kier molecular flexibility index (Phi) is 7.69. The highest BCUT2D eigenvalue weighted by atomic mass is 16.5. The Morgan fingerprint density at radius 2 is 1.85 bits per heavy atom. The molecule has 0 aliphatic heterocycles. The highest BCUT2D eigenvalue weighted by molar-refractivity contribution is 5.77. The van der Waals surface area contributed by atoms with Gasteiger partial charge in [-0.05, 0) is 19.8 Å². The minimum atomic E-state index is 0.0763. The number of amides is 1. The van der Waals surface area contributed by atoms with E-state index in [0.29, 0.717) is 6.61 Å². The summed E-state index contributed by atoms with van der Waals surface area (Å²) >= 11 is 0. The van der Waals surface area contributed by atoms with Crippen molar-refractivity contribution in [1.82, 2.24) is 4.90 Å². The lowest BCUT2D eigenvalue weighted by Crippen LogP contribution is -2.35. The highest BCUT2D eigenvalue weighted by Gasteiger charge is 2.10. The van der Waals surface area contributed by atoms with Gasteiger partial charge >= 0.3 is 0 Å². The molecule has 0 aliphatic carbocycles. The molecule has 0 spiro atoms. The first-order valence-corrected chi connectivity index (χ1v) is 4.91. The van der Waals surface area contributed by atoms with Gasteiger partial charge in [0.15, 0.2) is 0 Å². The van der Waals surface area contributed by atoms with E-state index in [-0.39, 0.29) is 12.5 Å². The van der Waals surface area contributed by atoms with E-state index in [4.69, 9.17) is 4.74 Å².